The van der Waals surface area contributed by atoms with E-state index in [1.807, 2.05) is 66.7 Å². The molecule has 0 saturated carbocycles. The van der Waals surface area contributed by atoms with E-state index >= 15 is 0 Å². The van der Waals surface area contributed by atoms with Gasteiger partial charge in [-0.05, 0) is 36.4 Å². The van der Waals surface area contributed by atoms with Gasteiger partial charge in [-0.25, -0.2) is 9.78 Å². The molecule has 0 fully saturated rings. The molecule has 0 aliphatic rings. The van der Waals surface area contributed by atoms with Gasteiger partial charge in [0, 0.05) is 23.0 Å². The normalized spacial score (nSPS) is 10.3. The predicted octanol–water partition coefficient (Wildman–Crippen LogP) is 5.42. The van der Waals surface area contributed by atoms with Crippen LogP contribution in [0, 0.1) is 0 Å². The van der Waals surface area contributed by atoms with Crippen LogP contribution in [0.25, 0.3) is 11.3 Å². The second kappa shape index (κ2) is 8.87. The monoisotopic (exact) mass is 396 g/mol. The highest BCUT2D eigenvalue weighted by atomic mass is 16.5. The molecule has 0 saturated heterocycles. The molecule has 0 bridgehead atoms. The lowest BCUT2D eigenvalue weighted by atomic mass is 10.1. The first-order chi connectivity index (χ1) is 14.7. The van der Waals surface area contributed by atoms with Crippen molar-refractivity contribution in [3.63, 3.8) is 0 Å². The molecule has 3 aromatic carbocycles. The van der Waals surface area contributed by atoms with Gasteiger partial charge in [0.15, 0.2) is 0 Å². The fourth-order valence-corrected chi connectivity index (χ4v) is 2.93. The van der Waals surface area contributed by atoms with Gasteiger partial charge in [-0.1, -0.05) is 48.5 Å². The van der Waals surface area contributed by atoms with Crippen molar-refractivity contribution < 1.29 is 9.53 Å². The summed E-state index contributed by atoms with van der Waals surface area (Å²) >= 11 is 0. The van der Waals surface area contributed by atoms with Crippen molar-refractivity contribution in [2.45, 2.75) is 0 Å². The average Bonchev–Trinajstić information content (AvgIpc) is 2.80. The molecule has 4 aromatic rings. The van der Waals surface area contributed by atoms with Crippen molar-refractivity contribution in [3.8, 4) is 11.3 Å². The average molecular weight is 396 g/mol. The topological polar surface area (TPSA) is 76.1 Å². The second-order valence-electron chi connectivity index (χ2n) is 6.51. The Morgan fingerprint density at radius 3 is 2.07 bits per heavy atom. The van der Waals surface area contributed by atoms with Gasteiger partial charge in [0.1, 0.15) is 5.82 Å². The summed E-state index contributed by atoms with van der Waals surface area (Å²) in [4.78, 5) is 20.9. The predicted molar refractivity (Wildman–Crippen MR) is 118 cm³/mol. The van der Waals surface area contributed by atoms with Gasteiger partial charge in [-0.2, -0.15) is 4.98 Å². The van der Waals surface area contributed by atoms with E-state index < -0.39 is 0 Å². The molecule has 6 nitrogen and oxygen atoms in total. The third-order valence-corrected chi connectivity index (χ3v) is 4.40. The van der Waals surface area contributed by atoms with Crippen LogP contribution in [0.5, 0.6) is 0 Å². The van der Waals surface area contributed by atoms with Crippen molar-refractivity contribution in [2.75, 3.05) is 17.7 Å². The lowest BCUT2D eigenvalue weighted by Gasteiger charge is -2.12. The number of para-hydroxylation sites is 1. The number of nitrogens with zero attached hydrogens (tertiary/aromatic N) is 2. The molecule has 0 atom stereocenters. The smallest absolute Gasteiger partial charge is 0.337 e. The molecule has 0 unspecified atom stereocenters. The quantitative estimate of drug-likeness (QED) is 0.424. The lowest BCUT2D eigenvalue weighted by molar-refractivity contribution is 0.0601. The van der Waals surface area contributed by atoms with Gasteiger partial charge in [0.25, 0.3) is 0 Å². The Morgan fingerprint density at radius 1 is 0.767 bits per heavy atom. The molecule has 6 heteroatoms. The number of carbonyl (C=O) groups is 1. The number of carbonyl (C=O) groups excluding carboxylic acids is 1. The third kappa shape index (κ3) is 4.62. The molecule has 1 heterocycles. The zero-order chi connectivity index (χ0) is 20.8. The zero-order valence-corrected chi connectivity index (χ0v) is 16.4. The highest BCUT2D eigenvalue weighted by molar-refractivity contribution is 5.89. The van der Waals surface area contributed by atoms with E-state index in [9.17, 15) is 4.79 Å². The third-order valence-electron chi connectivity index (χ3n) is 4.40. The fourth-order valence-electron chi connectivity index (χ4n) is 2.93. The summed E-state index contributed by atoms with van der Waals surface area (Å²) in [5.41, 5.74) is 3.95. The van der Waals surface area contributed by atoms with Gasteiger partial charge in [0.2, 0.25) is 5.95 Å². The minimum atomic E-state index is -0.377. The van der Waals surface area contributed by atoms with Crippen LogP contribution in [0.4, 0.5) is 23.1 Å². The largest absolute Gasteiger partial charge is 0.465 e. The van der Waals surface area contributed by atoms with Crippen LogP contribution < -0.4 is 10.6 Å². The van der Waals surface area contributed by atoms with Gasteiger partial charge in [-0.3, -0.25) is 0 Å². The summed E-state index contributed by atoms with van der Waals surface area (Å²) in [5, 5.41) is 6.53. The summed E-state index contributed by atoms with van der Waals surface area (Å²) in [6.45, 7) is 0. The minimum absolute atomic E-state index is 0.377. The van der Waals surface area contributed by atoms with Crippen molar-refractivity contribution in [1.29, 1.82) is 0 Å². The molecule has 0 amide bonds. The Kier molecular flexibility index (Phi) is 5.66. The molecule has 4 rings (SSSR count). The van der Waals surface area contributed by atoms with Crippen LogP contribution >= 0.6 is 0 Å². The Labute approximate surface area is 174 Å². The molecule has 1 aromatic heterocycles. The SMILES string of the molecule is COC(=O)c1ccc(Nc2nc(Nc3ccccc3)cc(-c3ccccc3)n2)cc1. The molecule has 148 valence electrons. The number of hydrogen-bond acceptors (Lipinski definition) is 6. The molecule has 30 heavy (non-hydrogen) atoms. The summed E-state index contributed by atoms with van der Waals surface area (Å²) < 4.78 is 4.74. The standard InChI is InChI=1S/C24H20N4O2/c1-30-23(29)18-12-14-20(15-13-18)26-24-27-21(17-8-4-2-5-9-17)16-22(28-24)25-19-10-6-3-7-11-19/h2-16H,1H3,(H2,25,26,27,28). The number of esters is 1. The number of methoxy groups -OCH3 is 1. The number of nitrogens with one attached hydrogen (secondary N) is 2. The molecule has 0 spiro atoms. The first-order valence-electron chi connectivity index (χ1n) is 9.43. The van der Waals surface area contributed by atoms with Crippen LogP contribution in [-0.4, -0.2) is 23.0 Å². The van der Waals surface area contributed by atoms with E-state index in [4.69, 9.17) is 4.74 Å². The van der Waals surface area contributed by atoms with Crippen LogP contribution in [-0.2, 0) is 4.74 Å². The van der Waals surface area contributed by atoms with Crippen LogP contribution in [0.1, 0.15) is 10.4 Å². The van der Waals surface area contributed by atoms with Crippen molar-refractivity contribution in [1.82, 2.24) is 9.97 Å². The van der Waals surface area contributed by atoms with E-state index in [1.165, 1.54) is 7.11 Å². The molecule has 2 N–H and O–H groups in total. The summed E-state index contributed by atoms with van der Waals surface area (Å²) in [5.74, 6) is 0.738. The van der Waals surface area contributed by atoms with Crippen LogP contribution in [0.15, 0.2) is 91.0 Å². The van der Waals surface area contributed by atoms with Crippen molar-refractivity contribution in [2.24, 2.45) is 0 Å². The number of ether oxygens (including phenoxy) is 1. The number of hydrogen-bond donors (Lipinski definition) is 2. The van der Waals surface area contributed by atoms with Gasteiger partial charge < -0.3 is 15.4 Å². The maximum absolute atomic E-state index is 11.6. The number of benzene rings is 3. The van der Waals surface area contributed by atoms with Gasteiger partial charge in [0.05, 0.1) is 18.4 Å². The van der Waals surface area contributed by atoms with E-state index in [1.54, 1.807) is 24.3 Å². The molecular weight excluding hydrogens is 376 g/mol. The Balaban J connectivity index is 1.66. The maximum Gasteiger partial charge on any atom is 0.337 e. The first-order valence-corrected chi connectivity index (χ1v) is 9.43. The number of rotatable bonds is 6. The molecule has 0 aliphatic heterocycles. The number of anilines is 4. The first kappa shape index (κ1) is 19.1. The molecular formula is C24H20N4O2. The zero-order valence-electron chi connectivity index (χ0n) is 16.4. The fraction of sp³-hybridized carbons (Fsp3) is 0.0417. The summed E-state index contributed by atoms with van der Waals surface area (Å²) in [6, 6.07) is 28.6. The van der Waals surface area contributed by atoms with E-state index in [0.717, 1.165) is 22.6 Å². The van der Waals surface area contributed by atoms with Crippen LogP contribution in [0.3, 0.4) is 0 Å². The molecule has 0 aliphatic carbocycles. The summed E-state index contributed by atoms with van der Waals surface area (Å²) in [7, 11) is 1.36. The van der Waals surface area contributed by atoms with Crippen LogP contribution in [0.2, 0.25) is 0 Å². The lowest BCUT2D eigenvalue weighted by Crippen LogP contribution is -2.03. The Morgan fingerprint density at radius 2 is 1.40 bits per heavy atom. The van der Waals surface area contributed by atoms with Crippen molar-refractivity contribution >= 4 is 29.1 Å². The van der Waals surface area contributed by atoms with E-state index in [-0.39, 0.29) is 5.97 Å². The number of aromatic nitrogens is 2. The minimum Gasteiger partial charge on any atom is -0.465 e. The highest BCUT2D eigenvalue weighted by Crippen LogP contribution is 2.25. The second-order valence-corrected chi connectivity index (χ2v) is 6.51. The summed E-state index contributed by atoms with van der Waals surface area (Å²) in [6.07, 6.45) is 0. The Bertz CT molecular complexity index is 1130. The van der Waals surface area contributed by atoms with Gasteiger partial charge in [-0.15, -0.1) is 0 Å². The van der Waals surface area contributed by atoms with E-state index in [2.05, 4.69) is 20.6 Å². The highest BCUT2D eigenvalue weighted by Gasteiger charge is 2.09. The van der Waals surface area contributed by atoms with Gasteiger partial charge >= 0.3 is 5.97 Å². The van der Waals surface area contributed by atoms with Crippen molar-refractivity contribution in [3.05, 3.63) is 96.6 Å². The maximum atomic E-state index is 11.6. The van der Waals surface area contributed by atoms with E-state index in [0.29, 0.717) is 17.3 Å². The Hall–Kier alpha value is -4.19. The molecule has 0 radical (unpaired) electrons.